The minimum atomic E-state index is 0. The topological polar surface area (TPSA) is 49.0 Å². The van der Waals surface area contributed by atoms with E-state index in [4.69, 9.17) is 18.9 Å². The van der Waals surface area contributed by atoms with Crippen molar-refractivity contribution < 1.29 is 18.9 Å². The first-order valence-electron chi connectivity index (χ1n) is 8.29. The molecule has 0 bridgehead atoms. The molecule has 0 aliphatic carbocycles. The lowest BCUT2D eigenvalue weighted by Crippen LogP contribution is -2.14. The molecule has 0 amide bonds. The Labute approximate surface area is 168 Å². The van der Waals surface area contributed by atoms with Crippen molar-refractivity contribution >= 4 is 28.3 Å². The number of benzene rings is 2. The predicted molar refractivity (Wildman–Crippen MR) is 107 cm³/mol. The Morgan fingerprint density at radius 3 is 2.69 bits per heavy atom. The molecule has 5 nitrogen and oxygen atoms in total. The SMILES string of the molecule is CCCNCc1cc(Br)c(OCc2ccc3c(c2)OCO3)c(OC)c1.Cl. The van der Waals surface area contributed by atoms with E-state index in [2.05, 4.69) is 34.2 Å². The maximum Gasteiger partial charge on any atom is 0.231 e. The second kappa shape index (κ2) is 9.90. The van der Waals surface area contributed by atoms with Crippen LogP contribution in [0.3, 0.4) is 0 Å². The van der Waals surface area contributed by atoms with Gasteiger partial charge in [0.25, 0.3) is 0 Å². The van der Waals surface area contributed by atoms with Crippen molar-refractivity contribution in [2.24, 2.45) is 0 Å². The van der Waals surface area contributed by atoms with Gasteiger partial charge < -0.3 is 24.3 Å². The van der Waals surface area contributed by atoms with Crippen molar-refractivity contribution in [2.75, 3.05) is 20.4 Å². The molecule has 2 aromatic rings. The van der Waals surface area contributed by atoms with Gasteiger partial charge in [-0.3, -0.25) is 0 Å². The van der Waals surface area contributed by atoms with Gasteiger partial charge in [-0.05, 0) is 64.3 Å². The lowest BCUT2D eigenvalue weighted by atomic mass is 10.2. The van der Waals surface area contributed by atoms with Crippen molar-refractivity contribution in [3.05, 3.63) is 45.9 Å². The summed E-state index contributed by atoms with van der Waals surface area (Å²) in [7, 11) is 1.65. The molecule has 0 saturated heterocycles. The van der Waals surface area contributed by atoms with E-state index in [0.29, 0.717) is 18.1 Å². The van der Waals surface area contributed by atoms with Crippen molar-refractivity contribution in [2.45, 2.75) is 26.5 Å². The Balaban J connectivity index is 0.00000243. The highest BCUT2D eigenvalue weighted by molar-refractivity contribution is 9.10. The summed E-state index contributed by atoms with van der Waals surface area (Å²) < 4.78 is 23.1. The largest absolute Gasteiger partial charge is 0.493 e. The summed E-state index contributed by atoms with van der Waals surface area (Å²) in [5.41, 5.74) is 2.15. The number of hydrogen-bond acceptors (Lipinski definition) is 5. The summed E-state index contributed by atoms with van der Waals surface area (Å²) in [6.07, 6.45) is 1.11. The fourth-order valence-corrected chi connectivity index (χ4v) is 3.21. The molecule has 0 saturated carbocycles. The maximum absolute atomic E-state index is 6.00. The second-order valence-corrected chi connectivity index (χ2v) is 6.62. The first-order valence-corrected chi connectivity index (χ1v) is 9.09. The molecule has 0 unspecified atom stereocenters. The van der Waals surface area contributed by atoms with Gasteiger partial charge in [0, 0.05) is 6.54 Å². The van der Waals surface area contributed by atoms with Crippen LogP contribution in [0.15, 0.2) is 34.8 Å². The van der Waals surface area contributed by atoms with Crippen LogP contribution in [0.1, 0.15) is 24.5 Å². The molecule has 7 heteroatoms. The van der Waals surface area contributed by atoms with Crippen LogP contribution in [-0.4, -0.2) is 20.4 Å². The van der Waals surface area contributed by atoms with Crippen LogP contribution in [0, 0.1) is 0 Å². The fraction of sp³-hybridized carbons (Fsp3) is 0.368. The first-order chi connectivity index (χ1) is 12.2. The summed E-state index contributed by atoms with van der Waals surface area (Å²) in [5.74, 6) is 2.93. The molecule has 142 valence electrons. The van der Waals surface area contributed by atoms with E-state index >= 15 is 0 Å². The summed E-state index contributed by atoms with van der Waals surface area (Å²) in [4.78, 5) is 0. The fourth-order valence-electron chi connectivity index (χ4n) is 2.61. The van der Waals surface area contributed by atoms with Gasteiger partial charge in [-0.1, -0.05) is 13.0 Å². The minimum absolute atomic E-state index is 0. The Bertz CT molecular complexity index is 742. The lowest BCUT2D eigenvalue weighted by Gasteiger charge is -2.15. The van der Waals surface area contributed by atoms with Crippen LogP contribution in [-0.2, 0) is 13.2 Å². The van der Waals surface area contributed by atoms with E-state index < -0.39 is 0 Å². The van der Waals surface area contributed by atoms with Crippen LogP contribution in [0.25, 0.3) is 0 Å². The normalized spacial score (nSPS) is 11.8. The molecule has 1 N–H and O–H groups in total. The molecule has 1 aliphatic rings. The van der Waals surface area contributed by atoms with E-state index in [1.54, 1.807) is 7.11 Å². The van der Waals surface area contributed by atoms with Crippen molar-refractivity contribution in [1.29, 1.82) is 0 Å². The molecule has 26 heavy (non-hydrogen) atoms. The monoisotopic (exact) mass is 443 g/mol. The highest BCUT2D eigenvalue weighted by atomic mass is 79.9. The Morgan fingerprint density at radius 1 is 1.12 bits per heavy atom. The van der Waals surface area contributed by atoms with Crippen molar-refractivity contribution in [1.82, 2.24) is 5.32 Å². The minimum Gasteiger partial charge on any atom is -0.493 e. The molecule has 0 aromatic heterocycles. The van der Waals surface area contributed by atoms with E-state index in [0.717, 1.165) is 46.6 Å². The van der Waals surface area contributed by atoms with Crippen LogP contribution in [0.4, 0.5) is 0 Å². The number of hydrogen-bond donors (Lipinski definition) is 1. The molecule has 0 spiro atoms. The highest BCUT2D eigenvalue weighted by Crippen LogP contribution is 2.38. The quantitative estimate of drug-likeness (QED) is 0.599. The third-order valence-corrected chi connectivity index (χ3v) is 4.45. The molecule has 0 radical (unpaired) electrons. The lowest BCUT2D eigenvalue weighted by molar-refractivity contribution is 0.174. The average molecular weight is 445 g/mol. The Hall–Kier alpha value is -1.63. The van der Waals surface area contributed by atoms with E-state index in [-0.39, 0.29) is 19.2 Å². The van der Waals surface area contributed by atoms with E-state index in [1.165, 1.54) is 0 Å². The van der Waals surface area contributed by atoms with Gasteiger partial charge in [0.05, 0.1) is 11.6 Å². The third kappa shape index (κ3) is 4.96. The first kappa shape index (κ1) is 20.7. The molecule has 3 rings (SSSR count). The Morgan fingerprint density at radius 2 is 1.92 bits per heavy atom. The van der Waals surface area contributed by atoms with Crippen LogP contribution >= 0.6 is 28.3 Å². The van der Waals surface area contributed by atoms with Gasteiger partial charge in [-0.15, -0.1) is 12.4 Å². The molecule has 0 fully saturated rings. The van der Waals surface area contributed by atoms with Gasteiger partial charge in [-0.25, -0.2) is 0 Å². The van der Waals surface area contributed by atoms with Crippen LogP contribution in [0.2, 0.25) is 0 Å². The summed E-state index contributed by atoms with van der Waals surface area (Å²) in [6.45, 7) is 4.62. The number of rotatable bonds is 8. The highest BCUT2D eigenvalue weighted by Gasteiger charge is 2.15. The zero-order valence-corrected chi connectivity index (χ0v) is 17.2. The Kier molecular flexibility index (Phi) is 7.87. The number of ether oxygens (including phenoxy) is 4. The molecule has 2 aromatic carbocycles. The van der Waals surface area contributed by atoms with Crippen molar-refractivity contribution in [3.8, 4) is 23.0 Å². The number of methoxy groups -OCH3 is 1. The molecule has 0 atom stereocenters. The predicted octanol–water partition coefficient (Wildman–Crippen LogP) is 4.69. The van der Waals surface area contributed by atoms with Gasteiger partial charge in [0.2, 0.25) is 6.79 Å². The number of nitrogens with one attached hydrogen (secondary N) is 1. The standard InChI is InChI=1S/C19H22BrNO4.ClH/c1-3-6-21-10-14-7-15(20)19(18(9-14)22-2)23-11-13-4-5-16-17(8-13)25-12-24-16;/h4-5,7-9,21H,3,6,10-12H2,1-2H3;1H. The second-order valence-electron chi connectivity index (χ2n) is 5.76. The molecular formula is C19H23BrClNO4. The average Bonchev–Trinajstić information content (AvgIpc) is 3.08. The summed E-state index contributed by atoms with van der Waals surface area (Å²) >= 11 is 3.59. The molecule has 1 aliphatic heterocycles. The van der Waals surface area contributed by atoms with Gasteiger partial charge in [-0.2, -0.15) is 0 Å². The zero-order valence-electron chi connectivity index (χ0n) is 14.8. The van der Waals surface area contributed by atoms with Gasteiger partial charge in [0.15, 0.2) is 23.0 Å². The molecule has 1 heterocycles. The number of fused-ring (bicyclic) bond motifs is 1. The maximum atomic E-state index is 6.00. The van der Waals surface area contributed by atoms with Crippen LogP contribution < -0.4 is 24.3 Å². The third-order valence-electron chi connectivity index (χ3n) is 3.87. The van der Waals surface area contributed by atoms with E-state index in [9.17, 15) is 0 Å². The zero-order chi connectivity index (χ0) is 17.6. The van der Waals surface area contributed by atoms with Crippen LogP contribution in [0.5, 0.6) is 23.0 Å². The number of halogens is 2. The van der Waals surface area contributed by atoms with Gasteiger partial charge in [0.1, 0.15) is 6.61 Å². The molecular weight excluding hydrogens is 422 g/mol. The van der Waals surface area contributed by atoms with E-state index in [1.807, 2.05) is 24.3 Å². The van der Waals surface area contributed by atoms with Crippen molar-refractivity contribution in [3.63, 3.8) is 0 Å². The van der Waals surface area contributed by atoms with Gasteiger partial charge >= 0.3 is 0 Å². The smallest absolute Gasteiger partial charge is 0.231 e. The summed E-state index contributed by atoms with van der Waals surface area (Å²) in [5, 5.41) is 3.39. The summed E-state index contributed by atoms with van der Waals surface area (Å²) in [6, 6.07) is 9.86.